The van der Waals surface area contributed by atoms with Crippen LogP contribution in [0.15, 0.2) is 45.5 Å². The topological polar surface area (TPSA) is 97.1 Å². The maximum Gasteiger partial charge on any atom is 0.257 e. The molecule has 2 heterocycles. The highest BCUT2D eigenvalue weighted by atomic mass is 79.9. The van der Waals surface area contributed by atoms with Crippen molar-refractivity contribution in [3.8, 4) is 0 Å². The summed E-state index contributed by atoms with van der Waals surface area (Å²) in [6.07, 6.45) is 2.80. The van der Waals surface area contributed by atoms with Gasteiger partial charge >= 0.3 is 0 Å². The smallest absolute Gasteiger partial charge is 0.257 e. The average Bonchev–Trinajstić information content (AvgIpc) is 3.10. The van der Waals surface area contributed by atoms with E-state index in [1.807, 2.05) is 19.1 Å². The molecule has 1 aromatic carbocycles. The van der Waals surface area contributed by atoms with E-state index in [1.165, 1.54) is 6.20 Å². The van der Waals surface area contributed by atoms with Gasteiger partial charge in [-0.2, -0.15) is 0 Å². The van der Waals surface area contributed by atoms with E-state index in [4.69, 9.17) is 4.52 Å². The van der Waals surface area contributed by atoms with Gasteiger partial charge in [-0.15, -0.1) is 0 Å². The van der Waals surface area contributed by atoms with Crippen LogP contribution in [-0.2, 0) is 6.42 Å². The quantitative estimate of drug-likeness (QED) is 0.561. The highest BCUT2D eigenvalue weighted by Gasteiger charge is 2.12. The number of rotatable bonds is 7. The third-order valence-corrected chi connectivity index (χ3v) is 4.56. The summed E-state index contributed by atoms with van der Waals surface area (Å²) in [6.45, 7) is 2.88. The lowest BCUT2D eigenvalue weighted by Crippen LogP contribution is -2.29. The second-order valence-electron chi connectivity index (χ2n) is 5.93. The Balaban J connectivity index is 1.45. The molecular formula is C19H19BrN4O3. The molecule has 27 heavy (non-hydrogen) atoms. The van der Waals surface area contributed by atoms with Crippen LogP contribution in [0.5, 0.6) is 0 Å². The summed E-state index contributed by atoms with van der Waals surface area (Å²) in [5.74, 6) is -0.352. The number of amides is 2. The van der Waals surface area contributed by atoms with Gasteiger partial charge in [0, 0.05) is 29.3 Å². The van der Waals surface area contributed by atoms with E-state index in [-0.39, 0.29) is 11.8 Å². The number of aromatic nitrogens is 2. The number of carbonyl (C=O) groups is 2. The van der Waals surface area contributed by atoms with Crippen molar-refractivity contribution in [3.63, 3.8) is 0 Å². The van der Waals surface area contributed by atoms with Gasteiger partial charge < -0.3 is 15.2 Å². The monoisotopic (exact) mass is 430 g/mol. The SMILES string of the molecule is CCc1noc2ncc(C(=O)NCCCNC(=O)c3ccc(Br)cc3)cc12. The molecule has 140 valence electrons. The van der Waals surface area contributed by atoms with Crippen LogP contribution < -0.4 is 10.6 Å². The number of carbonyl (C=O) groups excluding carboxylic acids is 2. The van der Waals surface area contributed by atoms with Gasteiger partial charge in [-0.05, 0) is 43.2 Å². The number of hydrogen-bond acceptors (Lipinski definition) is 5. The zero-order chi connectivity index (χ0) is 19.2. The molecular weight excluding hydrogens is 412 g/mol. The van der Waals surface area contributed by atoms with Crippen LogP contribution in [0.1, 0.15) is 39.8 Å². The van der Waals surface area contributed by atoms with Crippen molar-refractivity contribution in [1.29, 1.82) is 0 Å². The molecule has 0 bridgehead atoms. The van der Waals surface area contributed by atoms with Crippen LogP contribution in [0.25, 0.3) is 11.1 Å². The summed E-state index contributed by atoms with van der Waals surface area (Å²) in [7, 11) is 0. The number of halogens is 1. The van der Waals surface area contributed by atoms with Crippen molar-refractivity contribution < 1.29 is 14.1 Å². The van der Waals surface area contributed by atoms with Gasteiger partial charge in [-0.25, -0.2) is 4.98 Å². The fourth-order valence-corrected chi connectivity index (χ4v) is 2.82. The first-order valence-electron chi connectivity index (χ1n) is 8.64. The highest BCUT2D eigenvalue weighted by molar-refractivity contribution is 9.10. The average molecular weight is 431 g/mol. The molecule has 0 saturated carbocycles. The molecule has 3 rings (SSSR count). The van der Waals surface area contributed by atoms with Crippen LogP contribution in [-0.4, -0.2) is 35.0 Å². The van der Waals surface area contributed by atoms with Crippen LogP contribution in [0.4, 0.5) is 0 Å². The van der Waals surface area contributed by atoms with Crippen LogP contribution in [0, 0.1) is 0 Å². The van der Waals surface area contributed by atoms with E-state index in [9.17, 15) is 9.59 Å². The van der Waals surface area contributed by atoms with Crippen molar-refractivity contribution >= 4 is 38.8 Å². The number of fused-ring (bicyclic) bond motifs is 1. The van der Waals surface area contributed by atoms with Gasteiger partial charge in [0.1, 0.15) is 0 Å². The fourth-order valence-electron chi connectivity index (χ4n) is 2.56. The molecule has 0 atom stereocenters. The van der Waals surface area contributed by atoms with Crippen molar-refractivity contribution in [2.24, 2.45) is 0 Å². The predicted molar refractivity (Wildman–Crippen MR) is 105 cm³/mol. The summed E-state index contributed by atoms with van der Waals surface area (Å²) < 4.78 is 6.04. The van der Waals surface area contributed by atoms with Gasteiger partial charge in [0.25, 0.3) is 17.5 Å². The Morgan fingerprint density at radius 2 is 1.74 bits per heavy atom. The first kappa shape index (κ1) is 19.0. The molecule has 0 aliphatic rings. The van der Waals surface area contributed by atoms with E-state index in [0.29, 0.717) is 42.8 Å². The fraction of sp³-hybridized carbons (Fsp3) is 0.263. The summed E-state index contributed by atoms with van der Waals surface area (Å²) in [4.78, 5) is 28.4. The van der Waals surface area contributed by atoms with Crippen LogP contribution >= 0.6 is 15.9 Å². The molecule has 8 heteroatoms. The maximum absolute atomic E-state index is 12.3. The van der Waals surface area contributed by atoms with Gasteiger partial charge in [0.15, 0.2) is 0 Å². The van der Waals surface area contributed by atoms with E-state index < -0.39 is 0 Å². The molecule has 0 unspecified atom stereocenters. The van der Waals surface area contributed by atoms with Gasteiger partial charge in [-0.3, -0.25) is 9.59 Å². The number of nitrogens with zero attached hydrogens (tertiary/aromatic N) is 2. The third-order valence-electron chi connectivity index (χ3n) is 4.03. The van der Waals surface area contributed by atoms with Gasteiger partial charge in [-0.1, -0.05) is 28.0 Å². The molecule has 7 nitrogen and oxygen atoms in total. The summed E-state index contributed by atoms with van der Waals surface area (Å²) in [5, 5.41) is 10.3. The predicted octanol–water partition coefficient (Wildman–Crippen LogP) is 3.10. The summed E-state index contributed by atoms with van der Waals surface area (Å²) in [5.41, 5.74) is 2.27. The normalized spacial score (nSPS) is 10.7. The lowest BCUT2D eigenvalue weighted by atomic mass is 10.1. The van der Waals surface area contributed by atoms with Crippen molar-refractivity contribution in [2.75, 3.05) is 13.1 Å². The Hall–Kier alpha value is -2.74. The number of benzene rings is 1. The van der Waals surface area contributed by atoms with E-state index >= 15 is 0 Å². The number of hydrogen-bond donors (Lipinski definition) is 2. The second-order valence-corrected chi connectivity index (χ2v) is 6.85. The van der Waals surface area contributed by atoms with Crippen LogP contribution in [0.3, 0.4) is 0 Å². The number of nitrogens with one attached hydrogen (secondary N) is 2. The maximum atomic E-state index is 12.3. The number of pyridine rings is 1. The molecule has 0 aliphatic carbocycles. The first-order valence-corrected chi connectivity index (χ1v) is 9.44. The Kier molecular flexibility index (Phi) is 6.18. The Labute approximate surface area is 164 Å². The standard InChI is InChI=1S/C19H19BrN4O3/c1-2-16-15-10-13(11-23-19(15)27-24-16)18(26)22-9-3-8-21-17(25)12-4-6-14(20)7-5-12/h4-7,10-11H,2-3,8-9H2,1H3,(H,21,25)(H,22,26). The largest absolute Gasteiger partial charge is 0.352 e. The van der Waals surface area contributed by atoms with E-state index in [1.54, 1.807) is 18.2 Å². The molecule has 2 aromatic heterocycles. The second kappa shape index (κ2) is 8.77. The van der Waals surface area contributed by atoms with Crippen LogP contribution in [0.2, 0.25) is 0 Å². The summed E-state index contributed by atoms with van der Waals surface area (Å²) in [6, 6.07) is 8.88. The van der Waals surface area contributed by atoms with Gasteiger partial charge in [0.05, 0.1) is 16.6 Å². The van der Waals surface area contributed by atoms with E-state index in [0.717, 1.165) is 15.6 Å². The molecule has 2 N–H and O–H groups in total. The Morgan fingerprint density at radius 1 is 1.07 bits per heavy atom. The van der Waals surface area contributed by atoms with E-state index in [2.05, 4.69) is 36.7 Å². The molecule has 2 amide bonds. The zero-order valence-corrected chi connectivity index (χ0v) is 16.4. The van der Waals surface area contributed by atoms with Crippen molar-refractivity contribution in [3.05, 3.63) is 57.8 Å². The Bertz CT molecular complexity index is 953. The van der Waals surface area contributed by atoms with Gasteiger partial charge in [0.2, 0.25) is 0 Å². The molecule has 0 aliphatic heterocycles. The van der Waals surface area contributed by atoms with Crippen molar-refractivity contribution in [1.82, 2.24) is 20.8 Å². The highest BCUT2D eigenvalue weighted by Crippen LogP contribution is 2.18. The minimum absolute atomic E-state index is 0.136. The van der Waals surface area contributed by atoms with Crippen molar-refractivity contribution in [2.45, 2.75) is 19.8 Å². The molecule has 3 aromatic rings. The number of aryl methyl sites for hydroxylation is 1. The lowest BCUT2D eigenvalue weighted by molar-refractivity contribution is 0.0951. The minimum Gasteiger partial charge on any atom is -0.352 e. The third kappa shape index (κ3) is 4.71. The summed E-state index contributed by atoms with van der Waals surface area (Å²) >= 11 is 3.33. The first-order chi connectivity index (χ1) is 13.1. The lowest BCUT2D eigenvalue weighted by Gasteiger charge is -2.07. The molecule has 0 radical (unpaired) electrons. The molecule has 0 fully saturated rings. The Morgan fingerprint density at radius 3 is 2.41 bits per heavy atom. The minimum atomic E-state index is -0.216. The zero-order valence-electron chi connectivity index (χ0n) is 14.8. The molecule has 0 spiro atoms. The molecule has 0 saturated heterocycles.